The molecule has 0 bridgehead atoms. The van der Waals surface area contributed by atoms with Crippen LogP contribution in [-0.2, 0) is 18.3 Å². The summed E-state index contributed by atoms with van der Waals surface area (Å²) in [5.74, 6) is 0.543. The molecule has 2 atom stereocenters. The van der Waals surface area contributed by atoms with Crippen molar-refractivity contribution in [3.8, 4) is 11.1 Å². The van der Waals surface area contributed by atoms with Crippen LogP contribution < -0.4 is 9.80 Å². The Hall–Kier alpha value is -6.64. The molecule has 12 rings (SSSR count). The molecule has 5 aliphatic rings. The summed E-state index contributed by atoms with van der Waals surface area (Å²) in [4.78, 5) is 4.99. The van der Waals surface area contributed by atoms with Crippen molar-refractivity contribution >= 4 is 34.9 Å². The summed E-state index contributed by atoms with van der Waals surface area (Å²) < 4.78 is 0. The maximum atomic E-state index is 2.64. The number of benzene rings is 7. The minimum Gasteiger partial charge on any atom is -0.342 e. The normalized spacial score (nSPS) is 19.0. The second-order valence-electron chi connectivity index (χ2n) is 16.3. The summed E-state index contributed by atoms with van der Waals surface area (Å²) in [6.45, 7) is 1.05. The standard InChI is InChI=1S/C55H42N2/c1-8-20-52-39(12-1)15-11-33-56(52)43-30-32-47-46-31-27-38(34-50(46)55(51(47)36-43)48-18-6-4-16-44(48)45-17-5-7-19-49(45)55)24-23-37-25-28-42(29-26-37)57-53-21-9-2-13-40(53)35-41-14-3-10-22-54(41)57/h1-10,12-14,16-32,34,36,47,51H,11,15,33,35H2/b24-23+. The maximum absolute atomic E-state index is 2.64. The highest BCUT2D eigenvalue weighted by Crippen LogP contribution is 2.65. The van der Waals surface area contributed by atoms with E-state index in [-0.39, 0.29) is 11.3 Å². The monoisotopic (exact) mass is 730 g/mol. The molecule has 0 saturated heterocycles. The lowest BCUT2D eigenvalue weighted by Gasteiger charge is -2.39. The van der Waals surface area contributed by atoms with Gasteiger partial charge in [-0.05, 0) is 110 Å². The van der Waals surface area contributed by atoms with E-state index in [1.54, 1.807) is 0 Å². The summed E-state index contributed by atoms with van der Waals surface area (Å²) in [7, 11) is 0. The van der Waals surface area contributed by atoms with Gasteiger partial charge in [-0.1, -0.05) is 158 Å². The van der Waals surface area contributed by atoms with Gasteiger partial charge in [-0.3, -0.25) is 0 Å². The first-order valence-corrected chi connectivity index (χ1v) is 20.6. The van der Waals surface area contributed by atoms with Crippen LogP contribution in [0.2, 0.25) is 0 Å². The van der Waals surface area contributed by atoms with Gasteiger partial charge in [-0.2, -0.15) is 0 Å². The Balaban J connectivity index is 0.942. The van der Waals surface area contributed by atoms with Crippen LogP contribution in [0.4, 0.5) is 22.7 Å². The highest BCUT2D eigenvalue weighted by Gasteiger charge is 2.57. The van der Waals surface area contributed by atoms with Crippen molar-refractivity contribution in [2.75, 3.05) is 16.3 Å². The third-order valence-electron chi connectivity index (χ3n) is 13.5. The first-order chi connectivity index (χ1) is 28.3. The van der Waals surface area contributed by atoms with Crippen LogP contribution >= 0.6 is 0 Å². The fourth-order valence-electron chi connectivity index (χ4n) is 11.0. The highest BCUT2D eigenvalue weighted by atomic mass is 15.2. The van der Waals surface area contributed by atoms with Gasteiger partial charge in [-0.25, -0.2) is 0 Å². The SMILES string of the molecule is C1=CC2c3ccc(/C=C/c4ccc(N5c6ccccc6Cc6ccccc65)cc4)cc3C3(c4ccccc4-c4ccccc43)C2C=C1N1CCCc2ccccc21. The molecule has 2 heterocycles. The summed E-state index contributed by atoms with van der Waals surface area (Å²) in [6.07, 6.45) is 15.4. The summed E-state index contributed by atoms with van der Waals surface area (Å²) >= 11 is 0. The maximum Gasteiger partial charge on any atom is 0.0538 e. The molecule has 0 saturated carbocycles. The van der Waals surface area contributed by atoms with Crippen molar-refractivity contribution in [2.24, 2.45) is 5.92 Å². The summed E-state index contributed by atoms with van der Waals surface area (Å²) in [6, 6.07) is 61.4. The van der Waals surface area contributed by atoms with Crippen molar-refractivity contribution in [3.63, 3.8) is 0 Å². The topological polar surface area (TPSA) is 6.48 Å². The van der Waals surface area contributed by atoms with Crippen molar-refractivity contribution in [3.05, 3.63) is 238 Å². The van der Waals surface area contributed by atoms with Crippen LogP contribution in [-0.4, -0.2) is 6.54 Å². The molecule has 2 heteroatoms. The Kier molecular flexibility index (Phi) is 7.26. The molecule has 2 unspecified atom stereocenters. The number of fused-ring (bicyclic) bond motifs is 13. The first-order valence-electron chi connectivity index (χ1n) is 20.6. The van der Waals surface area contributed by atoms with Gasteiger partial charge in [-0.15, -0.1) is 0 Å². The summed E-state index contributed by atoms with van der Waals surface area (Å²) in [5, 5.41) is 0. The van der Waals surface area contributed by atoms with Gasteiger partial charge >= 0.3 is 0 Å². The van der Waals surface area contributed by atoms with Crippen LogP contribution in [0.15, 0.2) is 188 Å². The molecule has 1 spiro atoms. The fourth-order valence-corrected chi connectivity index (χ4v) is 11.0. The molecule has 0 radical (unpaired) electrons. The number of hydrogen-bond acceptors (Lipinski definition) is 2. The molecule has 2 nitrogen and oxygen atoms in total. The zero-order valence-electron chi connectivity index (χ0n) is 31.9. The second kappa shape index (κ2) is 12.7. The molecule has 57 heavy (non-hydrogen) atoms. The minimum atomic E-state index is -0.287. The number of aryl methyl sites for hydroxylation is 1. The molecule has 272 valence electrons. The Bertz CT molecular complexity index is 2750. The van der Waals surface area contributed by atoms with Crippen LogP contribution in [0.1, 0.15) is 62.4 Å². The van der Waals surface area contributed by atoms with Gasteiger partial charge in [0.25, 0.3) is 0 Å². The molecule has 0 N–H and O–H groups in total. The van der Waals surface area contributed by atoms with Crippen molar-refractivity contribution < 1.29 is 0 Å². The van der Waals surface area contributed by atoms with E-state index in [9.17, 15) is 0 Å². The Morgan fingerprint density at radius 1 is 0.544 bits per heavy atom. The first kappa shape index (κ1) is 32.6. The van der Waals surface area contributed by atoms with Gasteiger partial charge in [0.2, 0.25) is 0 Å². The zero-order chi connectivity index (χ0) is 37.5. The van der Waals surface area contributed by atoms with Gasteiger partial charge in [0.15, 0.2) is 0 Å². The quantitative estimate of drug-likeness (QED) is 0.166. The molecule has 0 fully saturated rings. The molecule has 7 aromatic carbocycles. The molecule has 0 amide bonds. The average Bonchev–Trinajstić information content (AvgIpc) is 3.74. The Labute approximate surface area is 335 Å². The van der Waals surface area contributed by atoms with E-state index < -0.39 is 0 Å². The van der Waals surface area contributed by atoms with Crippen molar-refractivity contribution in [1.82, 2.24) is 0 Å². The second-order valence-corrected chi connectivity index (χ2v) is 16.3. The molecule has 3 aliphatic carbocycles. The lowest BCUT2D eigenvalue weighted by atomic mass is 9.65. The highest BCUT2D eigenvalue weighted by molar-refractivity contribution is 5.87. The van der Waals surface area contributed by atoms with Crippen molar-refractivity contribution in [1.29, 1.82) is 0 Å². The van der Waals surface area contributed by atoms with Gasteiger partial charge < -0.3 is 9.80 Å². The van der Waals surface area contributed by atoms with Gasteiger partial charge in [0.05, 0.1) is 5.41 Å². The van der Waals surface area contributed by atoms with Crippen LogP contribution in [0.3, 0.4) is 0 Å². The number of rotatable bonds is 4. The molecular weight excluding hydrogens is 689 g/mol. The predicted octanol–water partition coefficient (Wildman–Crippen LogP) is 13.2. The van der Waals surface area contributed by atoms with E-state index in [1.807, 2.05) is 0 Å². The number of para-hydroxylation sites is 3. The number of nitrogens with zero attached hydrogens (tertiary/aromatic N) is 2. The van der Waals surface area contributed by atoms with Crippen LogP contribution in [0, 0.1) is 5.92 Å². The minimum absolute atomic E-state index is 0.253. The Morgan fingerprint density at radius 3 is 1.86 bits per heavy atom. The molecule has 0 aromatic heterocycles. The van der Waals surface area contributed by atoms with E-state index in [2.05, 4.69) is 204 Å². The van der Waals surface area contributed by atoms with E-state index in [0.717, 1.165) is 19.4 Å². The Morgan fingerprint density at radius 2 is 1.14 bits per heavy atom. The van der Waals surface area contributed by atoms with Crippen molar-refractivity contribution in [2.45, 2.75) is 30.6 Å². The van der Waals surface area contributed by atoms with E-state index in [0.29, 0.717) is 5.92 Å². The van der Waals surface area contributed by atoms with E-state index in [1.165, 1.54) is 96.1 Å². The molecule has 2 aliphatic heterocycles. The predicted molar refractivity (Wildman–Crippen MR) is 237 cm³/mol. The van der Waals surface area contributed by atoms with Crippen LogP contribution in [0.25, 0.3) is 23.3 Å². The largest absolute Gasteiger partial charge is 0.342 e. The number of allylic oxidation sites excluding steroid dienone is 3. The zero-order valence-corrected chi connectivity index (χ0v) is 31.9. The van der Waals surface area contributed by atoms with Gasteiger partial charge in [0, 0.05) is 53.2 Å². The molecular formula is C55H42N2. The fraction of sp³-hybridized carbons (Fsp3) is 0.127. The van der Waals surface area contributed by atoms with E-state index >= 15 is 0 Å². The van der Waals surface area contributed by atoms with Crippen LogP contribution in [0.5, 0.6) is 0 Å². The van der Waals surface area contributed by atoms with Gasteiger partial charge in [0.1, 0.15) is 0 Å². The summed E-state index contributed by atoms with van der Waals surface area (Å²) in [5.41, 5.74) is 21.2. The third-order valence-corrected chi connectivity index (χ3v) is 13.5. The smallest absolute Gasteiger partial charge is 0.0538 e. The lowest BCUT2D eigenvalue weighted by molar-refractivity contribution is 0.461. The number of hydrogen-bond donors (Lipinski definition) is 0. The number of anilines is 4. The lowest BCUT2D eigenvalue weighted by Crippen LogP contribution is -2.36. The third kappa shape index (κ3) is 4.83. The average molecular weight is 731 g/mol. The van der Waals surface area contributed by atoms with E-state index in [4.69, 9.17) is 0 Å². The molecule has 7 aromatic rings.